The maximum atomic E-state index is 12.7. The van der Waals surface area contributed by atoms with Crippen LogP contribution < -0.4 is 22.3 Å². The van der Waals surface area contributed by atoms with Crippen molar-refractivity contribution in [2.24, 2.45) is 12.8 Å². The summed E-state index contributed by atoms with van der Waals surface area (Å²) in [5.74, 6) is -2.38. The van der Waals surface area contributed by atoms with Crippen molar-refractivity contribution in [3.63, 3.8) is 0 Å². The minimum atomic E-state index is -1.02. The predicted molar refractivity (Wildman–Crippen MR) is 119 cm³/mol. The van der Waals surface area contributed by atoms with E-state index in [0.717, 1.165) is 27.7 Å². The van der Waals surface area contributed by atoms with Crippen molar-refractivity contribution < 1.29 is 19.1 Å². The third-order valence-corrected chi connectivity index (χ3v) is 5.40. The molecule has 2 amide bonds. The molecular weight excluding hydrogens is 436 g/mol. The van der Waals surface area contributed by atoms with Gasteiger partial charge in [0, 0.05) is 24.2 Å². The maximum absolute atomic E-state index is 12.7. The van der Waals surface area contributed by atoms with Crippen LogP contribution >= 0.6 is 11.3 Å². The van der Waals surface area contributed by atoms with E-state index in [9.17, 15) is 24.0 Å². The molecule has 0 radical (unpaired) electrons. The number of carbonyl (C=O) groups is 3. The van der Waals surface area contributed by atoms with Gasteiger partial charge in [-0.15, -0.1) is 11.3 Å². The number of amides is 2. The van der Waals surface area contributed by atoms with Crippen LogP contribution in [0.2, 0.25) is 0 Å². The number of hydrogen-bond donors (Lipinski definition) is 2. The molecule has 166 valence electrons. The fourth-order valence-electron chi connectivity index (χ4n) is 3.03. The number of primary amides is 1. The number of anilines is 1. The van der Waals surface area contributed by atoms with Gasteiger partial charge in [-0.25, -0.2) is 9.59 Å². The van der Waals surface area contributed by atoms with E-state index < -0.39 is 41.1 Å². The van der Waals surface area contributed by atoms with Crippen molar-refractivity contribution >= 4 is 34.1 Å². The van der Waals surface area contributed by atoms with Gasteiger partial charge in [-0.3, -0.25) is 19.0 Å². The number of thiophene rings is 1. The molecule has 3 aromatic rings. The molecule has 0 spiro atoms. The van der Waals surface area contributed by atoms with Crippen LogP contribution in [0.25, 0.3) is 11.1 Å². The Morgan fingerprint density at radius 2 is 1.84 bits per heavy atom. The van der Waals surface area contributed by atoms with Crippen LogP contribution in [0.3, 0.4) is 0 Å². The Balaban J connectivity index is 1.97. The second-order valence-electron chi connectivity index (χ2n) is 6.68. The number of carbonyl (C=O) groups excluding carboxylic acids is 3. The lowest BCUT2D eigenvalue weighted by Gasteiger charge is -2.11. The summed E-state index contributed by atoms with van der Waals surface area (Å²) in [5, 5.41) is 4.48. The molecule has 0 bridgehead atoms. The van der Waals surface area contributed by atoms with E-state index in [4.69, 9.17) is 10.5 Å². The molecule has 2 heterocycles. The van der Waals surface area contributed by atoms with E-state index in [1.807, 2.05) is 30.3 Å². The number of aromatic nitrogens is 2. The zero-order valence-corrected chi connectivity index (χ0v) is 18.1. The molecule has 0 aliphatic rings. The van der Waals surface area contributed by atoms with Crippen LogP contribution in [0.4, 0.5) is 5.00 Å². The van der Waals surface area contributed by atoms with Gasteiger partial charge in [-0.05, 0) is 12.5 Å². The Morgan fingerprint density at radius 3 is 2.47 bits per heavy atom. The minimum Gasteiger partial charge on any atom is -0.462 e. The fraction of sp³-hybridized carbons (Fsp3) is 0.190. The number of esters is 1. The third-order valence-electron chi connectivity index (χ3n) is 4.51. The number of nitrogens with zero attached hydrogens (tertiary/aromatic N) is 2. The maximum Gasteiger partial charge on any atom is 0.341 e. The van der Waals surface area contributed by atoms with E-state index in [2.05, 4.69) is 5.32 Å². The van der Waals surface area contributed by atoms with Crippen LogP contribution in [-0.4, -0.2) is 33.5 Å². The van der Waals surface area contributed by atoms with E-state index in [-0.39, 0.29) is 17.2 Å². The fourth-order valence-corrected chi connectivity index (χ4v) is 4.00. The molecule has 0 unspecified atom stereocenters. The molecule has 0 aliphatic heterocycles. The van der Waals surface area contributed by atoms with Crippen molar-refractivity contribution in [3.05, 3.63) is 73.9 Å². The van der Waals surface area contributed by atoms with Crippen LogP contribution in [0.15, 0.2) is 51.5 Å². The van der Waals surface area contributed by atoms with Gasteiger partial charge in [-0.2, -0.15) is 0 Å². The number of nitrogens with one attached hydrogen (secondary N) is 1. The molecule has 0 fully saturated rings. The average Bonchev–Trinajstić information content (AvgIpc) is 3.17. The molecule has 3 N–H and O–H groups in total. The second kappa shape index (κ2) is 9.43. The molecule has 32 heavy (non-hydrogen) atoms. The first-order valence-corrected chi connectivity index (χ1v) is 10.4. The molecular formula is C21H20N4O6S. The molecule has 3 rings (SSSR count). The summed E-state index contributed by atoms with van der Waals surface area (Å²) in [5.41, 5.74) is 4.49. The zero-order valence-electron chi connectivity index (χ0n) is 17.3. The lowest BCUT2D eigenvalue weighted by atomic mass is 10.0. The summed E-state index contributed by atoms with van der Waals surface area (Å²) in [7, 11) is 1.33. The van der Waals surface area contributed by atoms with Crippen LogP contribution in [0.5, 0.6) is 0 Å². The molecule has 0 saturated heterocycles. The van der Waals surface area contributed by atoms with Gasteiger partial charge in [0.1, 0.15) is 22.7 Å². The molecule has 1 aromatic carbocycles. The highest BCUT2D eigenvalue weighted by Crippen LogP contribution is 2.36. The molecule has 11 heteroatoms. The van der Waals surface area contributed by atoms with Crippen molar-refractivity contribution in [2.45, 2.75) is 13.5 Å². The molecule has 2 aromatic heterocycles. The average molecular weight is 456 g/mol. The standard InChI is InChI=1S/C21H20N4O6S/c1-3-31-20(29)16-14(12-7-5-4-6-8-12)11-32-18(16)23-15(26)10-25-19(28)13(17(22)27)9-24(2)21(25)30/h4-9,11H,3,10H2,1-2H3,(H2,22,27)(H,23,26). The number of aryl methyl sites for hydroxylation is 1. The molecule has 0 atom stereocenters. The van der Waals surface area contributed by atoms with Gasteiger partial charge in [0.05, 0.1) is 6.61 Å². The van der Waals surface area contributed by atoms with E-state index >= 15 is 0 Å². The van der Waals surface area contributed by atoms with Crippen molar-refractivity contribution in [1.82, 2.24) is 9.13 Å². The summed E-state index contributed by atoms with van der Waals surface area (Å²) in [4.78, 5) is 61.5. The third kappa shape index (κ3) is 4.52. The van der Waals surface area contributed by atoms with Crippen molar-refractivity contribution in [3.8, 4) is 11.1 Å². The van der Waals surface area contributed by atoms with E-state index in [1.54, 1.807) is 12.3 Å². The normalized spacial score (nSPS) is 10.6. The van der Waals surface area contributed by atoms with E-state index in [0.29, 0.717) is 10.1 Å². The number of rotatable bonds is 7. The number of nitrogens with two attached hydrogens (primary N) is 1. The van der Waals surface area contributed by atoms with Gasteiger partial charge >= 0.3 is 11.7 Å². The summed E-state index contributed by atoms with van der Waals surface area (Å²) < 4.78 is 6.73. The number of hydrogen-bond acceptors (Lipinski definition) is 7. The topological polar surface area (TPSA) is 142 Å². The molecule has 10 nitrogen and oxygen atoms in total. The Kier molecular flexibility index (Phi) is 6.69. The Hall–Kier alpha value is -3.99. The first-order chi connectivity index (χ1) is 15.2. The van der Waals surface area contributed by atoms with Gasteiger partial charge < -0.3 is 20.4 Å². The van der Waals surface area contributed by atoms with Crippen LogP contribution in [0.1, 0.15) is 27.6 Å². The zero-order chi connectivity index (χ0) is 23.4. The highest BCUT2D eigenvalue weighted by atomic mass is 32.1. The SMILES string of the molecule is CCOC(=O)c1c(-c2ccccc2)csc1NC(=O)Cn1c(=O)c(C(N)=O)cn(C)c1=O. The van der Waals surface area contributed by atoms with Gasteiger partial charge in [0.2, 0.25) is 5.91 Å². The Labute approximate surface area is 185 Å². The smallest absolute Gasteiger partial charge is 0.341 e. The van der Waals surface area contributed by atoms with Crippen molar-refractivity contribution in [2.75, 3.05) is 11.9 Å². The summed E-state index contributed by atoms with van der Waals surface area (Å²) >= 11 is 1.11. The lowest BCUT2D eigenvalue weighted by molar-refractivity contribution is -0.116. The Morgan fingerprint density at radius 1 is 1.16 bits per heavy atom. The first-order valence-electron chi connectivity index (χ1n) is 9.48. The Bertz CT molecular complexity index is 1310. The van der Waals surface area contributed by atoms with Gasteiger partial charge in [-0.1, -0.05) is 30.3 Å². The highest BCUT2D eigenvalue weighted by molar-refractivity contribution is 7.15. The van der Waals surface area contributed by atoms with E-state index in [1.165, 1.54) is 7.05 Å². The molecule has 0 aliphatic carbocycles. The van der Waals surface area contributed by atoms with Crippen LogP contribution in [-0.2, 0) is 23.1 Å². The number of benzene rings is 1. The monoisotopic (exact) mass is 456 g/mol. The van der Waals surface area contributed by atoms with Crippen LogP contribution in [0, 0.1) is 0 Å². The first kappa shape index (κ1) is 22.7. The second-order valence-corrected chi connectivity index (χ2v) is 7.56. The number of ether oxygens (including phenoxy) is 1. The molecule has 0 saturated carbocycles. The largest absolute Gasteiger partial charge is 0.462 e. The summed E-state index contributed by atoms with van der Waals surface area (Å²) in [6.45, 7) is 1.13. The minimum absolute atomic E-state index is 0.141. The highest BCUT2D eigenvalue weighted by Gasteiger charge is 2.23. The van der Waals surface area contributed by atoms with Crippen molar-refractivity contribution in [1.29, 1.82) is 0 Å². The summed E-state index contributed by atoms with van der Waals surface area (Å²) in [6, 6.07) is 9.09. The van der Waals surface area contributed by atoms with Gasteiger partial charge in [0.15, 0.2) is 0 Å². The predicted octanol–water partition coefficient (Wildman–Crippen LogP) is 1.19. The summed E-state index contributed by atoms with van der Waals surface area (Å²) in [6.07, 6.45) is 1.02. The lowest BCUT2D eigenvalue weighted by Crippen LogP contribution is -2.44. The van der Waals surface area contributed by atoms with Gasteiger partial charge in [0.25, 0.3) is 11.5 Å². The quantitative estimate of drug-likeness (QED) is 0.511.